The maximum Gasteiger partial charge on any atom is 0.416 e. The quantitative estimate of drug-likeness (QED) is 0.749. The number of quaternary nitrogens is 1. The van der Waals surface area contributed by atoms with E-state index in [2.05, 4.69) is 6.07 Å². The van der Waals surface area contributed by atoms with Crippen molar-refractivity contribution >= 4 is 5.71 Å². The van der Waals surface area contributed by atoms with Gasteiger partial charge in [0.05, 0.1) is 49.1 Å². The van der Waals surface area contributed by atoms with Gasteiger partial charge in [-0.05, 0) is 36.3 Å². The lowest BCUT2D eigenvalue weighted by atomic mass is 9.54. The van der Waals surface area contributed by atoms with Gasteiger partial charge < -0.3 is 10.3 Å². The molecule has 148 valence electrons. The molecule has 2 unspecified atom stereocenters. The molecule has 0 bridgehead atoms. The van der Waals surface area contributed by atoms with Gasteiger partial charge in [0.15, 0.2) is 5.41 Å². The van der Waals surface area contributed by atoms with Gasteiger partial charge in [-0.3, -0.25) is 0 Å². The normalized spacial score (nSPS) is 28.3. The van der Waals surface area contributed by atoms with Gasteiger partial charge in [0.1, 0.15) is 5.92 Å². The van der Waals surface area contributed by atoms with Gasteiger partial charge in [-0.2, -0.15) is 29.0 Å². The molecule has 1 fully saturated rings. The molecule has 29 heavy (non-hydrogen) atoms. The molecule has 0 radical (unpaired) electrons. The predicted octanol–water partition coefficient (Wildman–Crippen LogP) is 2.46. The number of likely N-dealkylation sites (N-methyl/N-ethyl adjacent to an activating group) is 1. The van der Waals surface area contributed by atoms with Crippen LogP contribution in [-0.2, 0) is 6.18 Å². The second-order valence-corrected chi connectivity index (χ2v) is 7.43. The first-order valence-corrected chi connectivity index (χ1v) is 9.25. The minimum atomic E-state index is -4.50. The van der Waals surface area contributed by atoms with E-state index in [1.807, 2.05) is 25.1 Å². The van der Waals surface area contributed by atoms with Crippen molar-refractivity contribution in [1.82, 2.24) is 0 Å². The number of nitrogens with zero attached hydrogens (tertiary/aromatic N) is 3. The Balaban J connectivity index is 2.20. The van der Waals surface area contributed by atoms with E-state index in [1.54, 1.807) is 0 Å². The zero-order valence-electron chi connectivity index (χ0n) is 15.7. The highest BCUT2D eigenvalue weighted by molar-refractivity contribution is 6.00. The molecule has 0 saturated heterocycles. The maximum atomic E-state index is 13.0. The lowest BCUT2D eigenvalue weighted by Gasteiger charge is -2.46. The number of halogens is 3. The summed E-state index contributed by atoms with van der Waals surface area (Å²) >= 11 is 0. The third-order valence-corrected chi connectivity index (χ3v) is 6.06. The van der Waals surface area contributed by atoms with Crippen LogP contribution in [0.1, 0.15) is 24.0 Å². The third kappa shape index (κ3) is 3.18. The van der Waals surface area contributed by atoms with E-state index in [-0.39, 0.29) is 11.6 Å². The molecule has 1 aliphatic heterocycles. The van der Waals surface area contributed by atoms with E-state index in [9.17, 15) is 29.0 Å². The first-order valence-electron chi connectivity index (χ1n) is 9.25. The molecule has 2 N–H and O–H groups in total. The van der Waals surface area contributed by atoms with Crippen molar-refractivity contribution in [3.63, 3.8) is 0 Å². The molecule has 1 aromatic carbocycles. The predicted molar refractivity (Wildman–Crippen MR) is 97.5 cm³/mol. The molecule has 5 nitrogen and oxygen atoms in total. The summed E-state index contributed by atoms with van der Waals surface area (Å²) in [7, 11) is 0. The summed E-state index contributed by atoms with van der Waals surface area (Å²) in [6.07, 6.45) is -2.60. The van der Waals surface area contributed by atoms with Gasteiger partial charge in [0.25, 0.3) is 0 Å². The molecular formula is C21H19F3N5+. The summed E-state index contributed by atoms with van der Waals surface area (Å²) in [4.78, 5) is 1.19. The van der Waals surface area contributed by atoms with Crippen molar-refractivity contribution in [2.24, 2.45) is 17.3 Å². The Hall–Kier alpha value is -3.15. The molecular weight excluding hydrogens is 379 g/mol. The number of alkyl halides is 3. The average Bonchev–Trinajstić information content (AvgIpc) is 2.72. The lowest BCUT2D eigenvalue weighted by molar-refractivity contribution is -0.897. The van der Waals surface area contributed by atoms with Crippen LogP contribution in [-0.4, -0.2) is 25.3 Å². The molecule has 4 atom stereocenters. The van der Waals surface area contributed by atoms with Crippen molar-refractivity contribution < 1.29 is 18.1 Å². The zero-order chi connectivity index (χ0) is 21.4. The number of rotatable bonds is 2. The second kappa shape index (κ2) is 7.35. The first-order chi connectivity index (χ1) is 13.7. The monoisotopic (exact) mass is 398 g/mol. The SMILES string of the molecule is CC[NH+]1CC=C2C(C#N)C(=N)C(C#N)(C#N)[C@H](c3ccc(C(F)(F)F)cc3)[C@H]2C1. The van der Waals surface area contributed by atoms with Gasteiger partial charge in [-0.25, -0.2) is 0 Å². The molecule has 1 aromatic rings. The Morgan fingerprint density at radius 2 is 1.79 bits per heavy atom. The zero-order valence-corrected chi connectivity index (χ0v) is 15.7. The van der Waals surface area contributed by atoms with E-state index < -0.39 is 29.0 Å². The smallest absolute Gasteiger partial charge is 0.331 e. The first kappa shape index (κ1) is 20.6. The average molecular weight is 398 g/mol. The number of nitriles is 3. The fourth-order valence-corrected chi connectivity index (χ4v) is 4.51. The number of hydrogen-bond donors (Lipinski definition) is 2. The van der Waals surface area contributed by atoms with E-state index >= 15 is 0 Å². The van der Waals surface area contributed by atoms with Gasteiger partial charge >= 0.3 is 6.18 Å². The third-order valence-electron chi connectivity index (χ3n) is 6.06. The van der Waals surface area contributed by atoms with Gasteiger partial charge in [0.2, 0.25) is 0 Å². The van der Waals surface area contributed by atoms with Crippen molar-refractivity contribution in [2.75, 3.05) is 19.6 Å². The van der Waals surface area contributed by atoms with Crippen molar-refractivity contribution in [1.29, 1.82) is 21.2 Å². The Labute approximate surface area is 166 Å². The van der Waals surface area contributed by atoms with E-state index in [0.29, 0.717) is 24.2 Å². The van der Waals surface area contributed by atoms with Crippen molar-refractivity contribution in [3.05, 3.63) is 47.0 Å². The highest BCUT2D eigenvalue weighted by Gasteiger charge is 2.58. The molecule has 8 heteroatoms. The summed E-state index contributed by atoms with van der Waals surface area (Å²) in [6.45, 7) is 4.00. The minimum absolute atomic E-state index is 0.294. The second-order valence-electron chi connectivity index (χ2n) is 7.43. The van der Waals surface area contributed by atoms with Crippen LogP contribution in [0.2, 0.25) is 0 Å². The number of nitrogens with one attached hydrogen (secondary N) is 2. The van der Waals surface area contributed by atoms with Crippen LogP contribution >= 0.6 is 0 Å². The van der Waals surface area contributed by atoms with Crippen LogP contribution in [0, 0.1) is 56.7 Å². The molecule has 0 aromatic heterocycles. The highest BCUT2D eigenvalue weighted by Crippen LogP contribution is 2.52. The van der Waals surface area contributed by atoms with Gasteiger partial charge in [-0.1, -0.05) is 12.1 Å². The molecule has 1 saturated carbocycles. The Morgan fingerprint density at radius 1 is 1.17 bits per heavy atom. The molecule has 3 rings (SSSR count). The van der Waals surface area contributed by atoms with Crippen LogP contribution < -0.4 is 4.90 Å². The summed E-state index contributed by atoms with van der Waals surface area (Å²) in [5, 5.41) is 38.0. The van der Waals surface area contributed by atoms with E-state index in [1.165, 1.54) is 17.0 Å². The summed E-state index contributed by atoms with van der Waals surface area (Å²) in [5.74, 6) is -2.16. The summed E-state index contributed by atoms with van der Waals surface area (Å²) in [5.41, 5.74) is -1.92. The molecule has 2 aliphatic rings. The van der Waals surface area contributed by atoms with E-state index in [0.717, 1.165) is 18.7 Å². The highest BCUT2D eigenvalue weighted by atomic mass is 19.4. The fraction of sp³-hybridized carbons (Fsp3) is 0.429. The number of hydrogen-bond acceptors (Lipinski definition) is 4. The summed E-state index contributed by atoms with van der Waals surface area (Å²) in [6, 6.07) is 10.4. The topological polar surface area (TPSA) is 99.7 Å². The Kier molecular flexibility index (Phi) is 5.22. The summed E-state index contributed by atoms with van der Waals surface area (Å²) < 4.78 is 39.0. The standard InChI is InChI=1S/C21H18F3N5/c1-2-29-8-7-15-16(9-25)19(28)20(11-26,12-27)18(17(15)10-29)13-3-5-14(6-4-13)21(22,23)24/h3-7,16-18,28H,2,8,10H2,1H3/p+1/t16?,17-,18+/m0/s1. The fourth-order valence-electron chi connectivity index (χ4n) is 4.51. The molecule has 0 spiro atoms. The Morgan fingerprint density at radius 3 is 2.28 bits per heavy atom. The maximum absolute atomic E-state index is 13.0. The molecule has 0 amide bonds. The number of fused-ring (bicyclic) bond motifs is 1. The molecule has 1 aliphatic carbocycles. The van der Waals surface area contributed by atoms with Crippen molar-refractivity contribution in [2.45, 2.75) is 19.0 Å². The van der Waals surface area contributed by atoms with Gasteiger partial charge in [-0.15, -0.1) is 0 Å². The van der Waals surface area contributed by atoms with Crippen LogP contribution in [0.4, 0.5) is 13.2 Å². The number of benzene rings is 1. The van der Waals surface area contributed by atoms with Crippen molar-refractivity contribution in [3.8, 4) is 18.2 Å². The van der Waals surface area contributed by atoms with Crippen LogP contribution in [0.25, 0.3) is 0 Å². The van der Waals surface area contributed by atoms with Gasteiger partial charge in [0, 0.05) is 11.8 Å². The van der Waals surface area contributed by atoms with Crippen LogP contribution in [0.5, 0.6) is 0 Å². The van der Waals surface area contributed by atoms with Crippen LogP contribution in [0.15, 0.2) is 35.9 Å². The largest absolute Gasteiger partial charge is 0.416 e. The Bertz CT molecular complexity index is 958. The minimum Gasteiger partial charge on any atom is -0.331 e. The van der Waals surface area contributed by atoms with E-state index in [4.69, 9.17) is 5.41 Å². The molecule has 1 heterocycles. The lowest BCUT2D eigenvalue weighted by Crippen LogP contribution is -3.13. The van der Waals surface area contributed by atoms with Crippen LogP contribution in [0.3, 0.4) is 0 Å².